The second kappa shape index (κ2) is 6.35. The number of rotatable bonds is 4. The Hall–Kier alpha value is -1.13. The minimum atomic E-state index is -0.158. The number of nitrogens with one attached hydrogen (secondary N) is 1. The lowest BCUT2D eigenvalue weighted by atomic mass is 10.1. The molecule has 0 amide bonds. The van der Waals surface area contributed by atoms with E-state index in [-0.39, 0.29) is 5.82 Å². The molecule has 0 radical (unpaired) electrons. The highest BCUT2D eigenvalue weighted by molar-refractivity contribution is 5.54. The van der Waals surface area contributed by atoms with Crippen LogP contribution in [0.15, 0.2) is 18.2 Å². The molecule has 0 aromatic heterocycles. The highest BCUT2D eigenvalue weighted by Gasteiger charge is 2.23. The van der Waals surface area contributed by atoms with E-state index in [2.05, 4.69) is 29.0 Å². The Morgan fingerprint density at radius 3 is 2.79 bits per heavy atom. The Kier molecular flexibility index (Phi) is 4.77. The van der Waals surface area contributed by atoms with E-state index in [9.17, 15) is 4.39 Å². The van der Waals surface area contributed by atoms with Gasteiger partial charge >= 0.3 is 0 Å². The molecule has 19 heavy (non-hydrogen) atoms. The molecule has 0 bridgehead atoms. The number of halogens is 1. The molecule has 2 rings (SSSR count). The van der Waals surface area contributed by atoms with Crippen LogP contribution in [0.2, 0.25) is 0 Å². The van der Waals surface area contributed by atoms with Crippen LogP contribution in [0.1, 0.15) is 19.4 Å². The number of hydrogen-bond acceptors (Lipinski definition) is 3. The first kappa shape index (κ1) is 14.3. The van der Waals surface area contributed by atoms with Gasteiger partial charge in [0.2, 0.25) is 0 Å². The zero-order valence-corrected chi connectivity index (χ0v) is 12.1. The SMILES string of the molecule is CCN1CCN(c2ccc(F)cc2CNC)CC1C. The van der Waals surface area contributed by atoms with Gasteiger partial charge in [0.05, 0.1) is 0 Å². The summed E-state index contributed by atoms with van der Waals surface area (Å²) >= 11 is 0. The zero-order valence-electron chi connectivity index (χ0n) is 12.1. The van der Waals surface area contributed by atoms with Crippen LogP contribution in [0.5, 0.6) is 0 Å². The number of likely N-dealkylation sites (N-methyl/N-ethyl adjacent to an activating group) is 1. The number of hydrogen-bond donors (Lipinski definition) is 1. The third-order valence-corrected chi connectivity index (χ3v) is 3.92. The predicted octanol–water partition coefficient (Wildman–Crippen LogP) is 2.08. The molecule has 0 spiro atoms. The summed E-state index contributed by atoms with van der Waals surface area (Å²) in [5, 5.41) is 3.12. The van der Waals surface area contributed by atoms with Crippen molar-refractivity contribution in [1.29, 1.82) is 0 Å². The summed E-state index contributed by atoms with van der Waals surface area (Å²) in [6.07, 6.45) is 0. The summed E-state index contributed by atoms with van der Waals surface area (Å²) < 4.78 is 13.4. The van der Waals surface area contributed by atoms with Crippen LogP contribution in [-0.4, -0.2) is 44.2 Å². The van der Waals surface area contributed by atoms with Crippen LogP contribution in [0, 0.1) is 5.82 Å². The zero-order chi connectivity index (χ0) is 13.8. The summed E-state index contributed by atoms with van der Waals surface area (Å²) in [4.78, 5) is 4.86. The van der Waals surface area contributed by atoms with E-state index in [1.807, 2.05) is 13.1 Å². The minimum absolute atomic E-state index is 0.158. The first-order chi connectivity index (χ1) is 9.15. The Balaban J connectivity index is 2.18. The van der Waals surface area contributed by atoms with Crippen molar-refractivity contribution in [1.82, 2.24) is 10.2 Å². The van der Waals surface area contributed by atoms with Crippen LogP contribution < -0.4 is 10.2 Å². The van der Waals surface area contributed by atoms with Crippen molar-refractivity contribution in [2.45, 2.75) is 26.4 Å². The molecule has 1 N–H and O–H groups in total. The van der Waals surface area contributed by atoms with Gasteiger partial charge < -0.3 is 10.2 Å². The molecule has 1 aromatic carbocycles. The molecule has 1 aliphatic rings. The normalized spacial score (nSPS) is 20.8. The molecule has 1 atom stereocenters. The van der Waals surface area contributed by atoms with Gasteiger partial charge in [-0.2, -0.15) is 0 Å². The van der Waals surface area contributed by atoms with Crippen molar-refractivity contribution in [2.75, 3.05) is 38.1 Å². The third-order valence-electron chi connectivity index (χ3n) is 3.92. The Bertz CT molecular complexity index is 422. The van der Waals surface area contributed by atoms with Crippen LogP contribution in [0.3, 0.4) is 0 Å². The van der Waals surface area contributed by atoms with E-state index < -0.39 is 0 Å². The van der Waals surface area contributed by atoms with Gasteiger partial charge in [0, 0.05) is 37.9 Å². The third kappa shape index (κ3) is 3.25. The van der Waals surface area contributed by atoms with Crippen LogP contribution >= 0.6 is 0 Å². The lowest BCUT2D eigenvalue weighted by Crippen LogP contribution is -2.52. The molecule has 1 unspecified atom stereocenters. The maximum Gasteiger partial charge on any atom is 0.123 e. The lowest BCUT2D eigenvalue weighted by Gasteiger charge is -2.41. The lowest BCUT2D eigenvalue weighted by molar-refractivity contribution is 0.199. The summed E-state index contributed by atoms with van der Waals surface area (Å²) in [6.45, 7) is 9.37. The van der Waals surface area contributed by atoms with E-state index >= 15 is 0 Å². The van der Waals surface area contributed by atoms with Crippen molar-refractivity contribution < 1.29 is 4.39 Å². The number of anilines is 1. The minimum Gasteiger partial charge on any atom is -0.368 e. The standard InChI is InChI=1S/C15H24FN3/c1-4-18-7-8-19(11-12(18)2)15-6-5-14(16)9-13(15)10-17-3/h5-6,9,12,17H,4,7-8,10-11H2,1-3H3. The van der Waals surface area contributed by atoms with E-state index in [0.29, 0.717) is 12.6 Å². The maximum atomic E-state index is 13.4. The number of benzene rings is 1. The fourth-order valence-corrected chi connectivity index (χ4v) is 2.88. The van der Waals surface area contributed by atoms with Crippen molar-refractivity contribution >= 4 is 5.69 Å². The number of nitrogens with zero attached hydrogens (tertiary/aromatic N) is 2. The Morgan fingerprint density at radius 2 is 2.16 bits per heavy atom. The van der Waals surface area contributed by atoms with Crippen molar-refractivity contribution in [3.8, 4) is 0 Å². The summed E-state index contributed by atoms with van der Waals surface area (Å²) in [6, 6.07) is 5.66. The fraction of sp³-hybridized carbons (Fsp3) is 0.600. The second-order valence-corrected chi connectivity index (χ2v) is 5.23. The van der Waals surface area contributed by atoms with E-state index in [1.54, 1.807) is 12.1 Å². The molecule has 1 saturated heterocycles. The highest BCUT2D eigenvalue weighted by Crippen LogP contribution is 2.24. The molecular weight excluding hydrogens is 241 g/mol. The van der Waals surface area contributed by atoms with Crippen molar-refractivity contribution in [2.24, 2.45) is 0 Å². The molecule has 1 heterocycles. The fourth-order valence-electron chi connectivity index (χ4n) is 2.88. The van der Waals surface area contributed by atoms with Crippen LogP contribution in [-0.2, 0) is 6.54 Å². The van der Waals surface area contributed by atoms with Crippen molar-refractivity contribution in [3.05, 3.63) is 29.6 Å². The molecule has 1 aliphatic heterocycles. The topological polar surface area (TPSA) is 18.5 Å². The quantitative estimate of drug-likeness (QED) is 0.899. The Morgan fingerprint density at radius 1 is 1.37 bits per heavy atom. The molecule has 1 aromatic rings. The molecular formula is C15H24FN3. The largest absolute Gasteiger partial charge is 0.368 e. The van der Waals surface area contributed by atoms with Gasteiger partial charge in [0.1, 0.15) is 5.82 Å². The van der Waals surface area contributed by atoms with Crippen LogP contribution in [0.4, 0.5) is 10.1 Å². The van der Waals surface area contributed by atoms with Gasteiger partial charge in [-0.1, -0.05) is 6.92 Å². The molecule has 106 valence electrons. The van der Waals surface area contributed by atoms with Crippen LogP contribution in [0.25, 0.3) is 0 Å². The first-order valence-corrected chi connectivity index (χ1v) is 7.07. The summed E-state index contributed by atoms with van der Waals surface area (Å²) in [7, 11) is 1.90. The first-order valence-electron chi connectivity index (χ1n) is 7.07. The van der Waals surface area contributed by atoms with Gasteiger partial charge in [-0.05, 0) is 44.3 Å². The van der Waals surface area contributed by atoms with E-state index in [1.165, 1.54) is 5.69 Å². The van der Waals surface area contributed by atoms with Gasteiger partial charge in [-0.3, -0.25) is 4.90 Å². The van der Waals surface area contributed by atoms with Gasteiger partial charge in [-0.15, -0.1) is 0 Å². The second-order valence-electron chi connectivity index (χ2n) is 5.23. The molecule has 4 heteroatoms. The molecule has 3 nitrogen and oxygen atoms in total. The van der Waals surface area contributed by atoms with E-state index in [0.717, 1.165) is 31.7 Å². The number of piperazine rings is 1. The summed E-state index contributed by atoms with van der Waals surface area (Å²) in [5.74, 6) is -0.158. The molecule has 0 saturated carbocycles. The predicted molar refractivity (Wildman–Crippen MR) is 78.1 cm³/mol. The van der Waals surface area contributed by atoms with Crippen molar-refractivity contribution in [3.63, 3.8) is 0 Å². The molecule has 1 fully saturated rings. The molecule has 0 aliphatic carbocycles. The van der Waals surface area contributed by atoms with E-state index in [4.69, 9.17) is 0 Å². The van der Waals surface area contributed by atoms with Gasteiger partial charge in [0.25, 0.3) is 0 Å². The smallest absolute Gasteiger partial charge is 0.123 e. The summed E-state index contributed by atoms with van der Waals surface area (Å²) in [5.41, 5.74) is 2.21. The monoisotopic (exact) mass is 265 g/mol. The average molecular weight is 265 g/mol. The average Bonchev–Trinajstić information content (AvgIpc) is 2.39. The van der Waals surface area contributed by atoms with Gasteiger partial charge in [0.15, 0.2) is 0 Å². The Labute approximate surface area is 115 Å². The van der Waals surface area contributed by atoms with Gasteiger partial charge in [-0.25, -0.2) is 4.39 Å². The maximum absolute atomic E-state index is 13.4. The highest BCUT2D eigenvalue weighted by atomic mass is 19.1.